The lowest BCUT2D eigenvalue weighted by Gasteiger charge is -2.08. The van der Waals surface area contributed by atoms with Gasteiger partial charge in [0.25, 0.3) is 0 Å². The Morgan fingerprint density at radius 1 is 1.29 bits per heavy atom. The SMILES string of the molecule is Cc1nc(CNS(=O)(=O)c2c(F)cc(N)cc2F)oc1C. The van der Waals surface area contributed by atoms with Gasteiger partial charge in [-0.2, -0.15) is 0 Å². The highest BCUT2D eigenvalue weighted by molar-refractivity contribution is 7.89. The highest BCUT2D eigenvalue weighted by atomic mass is 32.2. The van der Waals surface area contributed by atoms with E-state index in [-0.39, 0.29) is 18.1 Å². The number of sulfonamides is 1. The molecule has 0 fully saturated rings. The smallest absolute Gasteiger partial charge is 0.246 e. The van der Waals surface area contributed by atoms with Crippen molar-refractivity contribution >= 4 is 15.7 Å². The van der Waals surface area contributed by atoms with Crippen molar-refractivity contribution in [2.45, 2.75) is 25.3 Å². The summed E-state index contributed by atoms with van der Waals surface area (Å²) in [4.78, 5) is 2.88. The van der Waals surface area contributed by atoms with Crippen LogP contribution in [0.5, 0.6) is 0 Å². The van der Waals surface area contributed by atoms with Gasteiger partial charge in [-0.05, 0) is 26.0 Å². The van der Waals surface area contributed by atoms with E-state index in [9.17, 15) is 17.2 Å². The van der Waals surface area contributed by atoms with Gasteiger partial charge in [0, 0.05) is 5.69 Å². The van der Waals surface area contributed by atoms with E-state index >= 15 is 0 Å². The first kappa shape index (κ1) is 15.4. The van der Waals surface area contributed by atoms with Crippen molar-refractivity contribution in [3.05, 3.63) is 41.1 Å². The zero-order valence-electron chi connectivity index (χ0n) is 11.3. The van der Waals surface area contributed by atoms with Gasteiger partial charge in [0.2, 0.25) is 15.9 Å². The Morgan fingerprint density at radius 2 is 1.86 bits per heavy atom. The molecule has 2 rings (SSSR count). The third-order valence-electron chi connectivity index (χ3n) is 2.78. The first-order valence-electron chi connectivity index (χ1n) is 5.88. The van der Waals surface area contributed by atoms with Gasteiger partial charge in [0.15, 0.2) is 4.90 Å². The average molecular weight is 317 g/mol. The molecular formula is C12H13F2N3O3S. The number of aromatic nitrogens is 1. The molecule has 9 heteroatoms. The van der Waals surface area contributed by atoms with Crippen molar-refractivity contribution in [2.75, 3.05) is 5.73 Å². The number of benzene rings is 1. The number of nitrogens with zero attached hydrogens (tertiary/aromatic N) is 1. The quantitative estimate of drug-likeness (QED) is 0.835. The third kappa shape index (κ3) is 3.19. The summed E-state index contributed by atoms with van der Waals surface area (Å²) in [6.45, 7) is 3.04. The molecule has 1 heterocycles. The predicted molar refractivity (Wildman–Crippen MR) is 70.8 cm³/mol. The summed E-state index contributed by atoms with van der Waals surface area (Å²) in [5.74, 6) is -1.89. The number of nitrogen functional groups attached to an aromatic ring is 1. The zero-order chi connectivity index (χ0) is 15.8. The van der Waals surface area contributed by atoms with E-state index in [1.807, 2.05) is 4.72 Å². The van der Waals surface area contributed by atoms with E-state index in [2.05, 4.69) is 4.98 Å². The van der Waals surface area contributed by atoms with Crippen LogP contribution in [0.3, 0.4) is 0 Å². The van der Waals surface area contributed by atoms with Gasteiger partial charge in [-0.3, -0.25) is 0 Å². The van der Waals surface area contributed by atoms with Gasteiger partial charge in [-0.1, -0.05) is 0 Å². The lowest BCUT2D eigenvalue weighted by Crippen LogP contribution is -2.25. The van der Waals surface area contributed by atoms with Crippen molar-refractivity contribution in [1.29, 1.82) is 0 Å². The summed E-state index contributed by atoms with van der Waals surface area (Å²) in [5.41, 5.74) is 5.64. The molecule has 0 aliphatic heterocycles. The summed E-state index contributed by atoms with van der Waals surface area (Å²) in [6.07, 6.45) is 0. The monoisotopic (exact) mass is 317 g/mol. The van der Waals surface area contributed by atoms with Crippen LogP contribution in [0.1, 0.15) is 17.3 Å². The second kappa shape index (κ2) is 5.41. The normalized spacial score (nSPS) is 11.8. The van der Waals surface area contributed by atoms with Crippen LogP contribution < -0.4 is 10.5 Å². The van der Waals surface area contributed by atoms with Crippen molar-refractivity contribution in [3.8, 4) is 0 Å². The van der Waals surface area contributed by atoms with Crippen molar-refractivity contribution < 1.29 is 21.6 Å². The predicted octanol–water partition coefficient (Wildman–Crippen LogP) is 1.63. The molecule has 0 aliphatic rings. The van der Waals surface area contributed by atoms with E-state index < -0.39 is 26.6 Å². The van der Waals surface area contributed by atoms with E-state index in [1.54, 1.807) is 13.8 Å². The number of halogens is 2. The molecule has 114 valence electrons. The maximum Gasteiger partial charge on any atom is 0.246 e. The van der Waals surface area contributed by atoms with Crippen LogP contribution in [0.15, 0.2) is 21.4 Å². The molecule has 0 amide bonds. The highest BCUT2D eigenvalue weighted by Crippen LogP contribution is 2.21. The molecule has 0 saturated carbocycles. The van der Waals surface area contributed by atoms with Crippen molar-refractivity contribution in [1.82, 2.24) is 9.71 Å². The first-order valence-corrected chi connectivity index (χ1v) is 7.36. The van der Waals surface area contributed by atoms with Crippen LogP contribution in [-0.4, -0.2) is 13.4 Å². The average Bonchev–Trinajstić information content (AvgIpc) is 2.65. The Kier molecular flexibility index (Phi) is 3.97. The molecule has 2 aromatic rings. The lowest BCUT2D eigenvalue weighted by molar-refractivity contribution is 0.460. The van der Waals surface area contributed by atoms with Gasteiger partial charge in [0.05, 0.1) is 12.2 Å². The molecule has 0 unspecified atom stereocenters. The molecule has 21 heavy (non-hydrogen) atoms. The number of nitrogens with two attached hydrogens (primary N) is 1. The van der Waals surface area contributed by atoms with E-state index in [0.29, 0.717) is 11.5 Å². The summed E-state index contributed by atoms with van der Waals surface area (Å²) in [6, 6.07) is 1.47. The summed E-state index contributed by atoms with van der Waals surface area (Å²) < 4.78 is 58.4. The second-order valence-corrected chi connectivity index (χ2v) is 6.09. The number of hydrogen-bond donors (Lipinski definition) is 2. The molecule has 6 nitrogen and oxygen atoms in total. The largest absolute Gasteiger partial charge is 0.444 e. The number of hydrogen-bond acceptors (Lipinski definition) is 5. The van der Waals surface area contributed by atoms with E-state index in [0.717, 1.165) is 12.1 Å². The molecule has 0 bridgehead atoms. The Morgan fingerprint density at radius 3 is 2.33 bits per heavy atom. The molecule has 0 aliphatic carbocycles. The summed E-state index contributed by atoms with van der Waals surface area (Å²) in [7, 11) is -4.40. The topological polar surface area (TPSA) is 98.2 Å². The molecular weight excluding hydrogens is 304 g/mol. The van der Waals surface area contributed by atoms with Gasteiger partial charge in [-0.15, -0.1) is 0 Å². The Labute approximate surface area is 120 Å². The van der Waals surface area contributed by atoms with Crippen LogP contribution in [0.25, 0.3) is 0 Å². The first-order chi connectivity index (χ1) is 9.70. The Hall–Kier alpha value is -2.00. The number of oxazole rings is 1. The van der Waals surface area contributed by atoms with Gasteiger partial charge >= 0.3 is 0 Å². The minimum Gasteiger partial charge on any atom is -0.444 e. The Balaban J connectivity index is 2.27. The van der Waals surface area contributed by atoms with E-state index in [4.69, 9.17) is 10.2 Å². The standard InChI is InChI=1S/C12H13F2N3O3S/c1-6-7(2)20-11(17-6)5-16-21(18,19)12-9(13)3-8(15)4-10(12)14/h3-4,16H,5,15H2,1-2H3. The molecule has 3 N–H and O–H groups in total. The van der Waals surface area contributed by atoms with Crippen LogP contribution in [-0.2, 0) is 16.6 Å². The summed E-state index contributed by atoms with van der Waals surface area (Å²) in [5, 5.41) is 0. The molecule has 1 aromatic carbocycles. The number of aryl methyl sites for hydroxylation is 2. The minimum absolute atomic E-state index is 0.102. The maximum atomic E-state index is 13.6. The van der Waals surface area contributed by atoms with Crippen molar-refractivity contribution in [3.63, 3.8) is 0 Å². The fourth-order valence-electron chi connectivity index (χ4n) is 1.68. The second-order valence-electron chi connectivity index (χ2n) is 4.39. The van der Waals surface area contributed by atoms with Gasteiger partial charge in [-0.25, -0.2) is 26.9 Å². The van der Waals surface area contributed by atoms with Crippen molar-refractivity contribution in [2.24, 2.45) is 0 Å². The lowest BCUT2D eigenvalue weighted by atomic mass is 10.3. The molecule has 0 radical (unpaired) electrons. The maximum absolute atomic E-state index is 13.6. The highest BCUT2D eigenvalue weighted by Gasteiger charge is 2.25. The van der Waals surface area contributed by atoms with Gasteiger partial charge < -0.3 is 10.2 Å². The number of rotatable bonds is 4. The molecule has 0 saturated heterocycles. The third-order valence-corrected chi connectivity index (χ3v) is 4.23. The molecule has 0 spiro atoms. The fraction of sp³-hybridized carbons (Fsp3) is 0.250. The van der Waals surface area contributed by atoms with Crippen LogP contribution in [0, 0.1) is 25.5 Å². The molecule has 1 aromatic heterocycles. The van der Waals surface area contributed by atoms with E-state index in [1.165, 1.54) is 0 Å². The molecule has 0 atom stereocenters. The minimum atomic E-state index is -4.40. The zero-order valence-corrected chi connectivity index (χ0v) is 12.1. The fourth-order valence-corrected chi connectivity index (χ4v) is 2.77. The Bertz CT molecular complexity index is 745. The number of anilines is 1. The van der Waals surface area contributed by atoms with Crippen LogP contribution in [0.2, 0.25) is 0 Å². The number of nitrogens with one attached hydrogen (secondary N) is 1. The van der Waals surface area contributed by atoms with Crippen LogP contribution >= 0.6 is 0 Å². The van der Waals surface area contributed by atoms with Crippen LogP contribution in [0.4, 0.5) is 14.5 Å². The van der Waals surface area contributed by atoms with Gasteiger partial charge in [0.1, 0.15) is 17.4 Å². The summed E-state index contributed by atoms with van der Waals surface area (Å²) >= 11 is 0.